The maximum Gasteiger partial charge on any atom is 0.162 e. The van der Waals surface area contributed by atoms with Gasteiger partial charge < -0.3 is 20.7 Å². The van der Waals surface area contributed by atoms with Gasteiger partial charge in [0.1, 0.15) is 0 Å². The van der Waals surface area contributed by atoms with Gasteiger partial charge in [0.05, 0.1) is 14.2 Å². The maximum absolute atomic E-state index is 5.52. The Bertz CT molecular complexity index is 250. The second kappa shape index (κ2) is 4.46. The first kappa shape index (κ1) is 10.6. The monoisotopic (exact) mass is 171 g/mol. The third-order valence-corrected chi connectivity index (χ3v) is 1.41. The molecule has 0 bridgehead atoms. The number of methoxy groups -OCH3 is 2. The number of ether oxygens (including phenoxy) is 2. The van der Waals surface area contributed by atoms with Crippen molar-refractivity contribution in [2.45, 2.75) is 0 Å². The van der Waals surface area contributed by atoms with E-state index in [9.17, 15) is 0 Å². The van der Waals surface area contributed by atoms with E-state index in [1.807, 2.05) is 0 Å². The lowest BCUT2D eigenvalue weighted by Gasteiger charge is -2.06. The standard InChI is InChI=1S/C8H11NO2.H2O/c1-10-7-4-3-6(9)5-8(7)11-2;/h3-5H,9H2,1-2H3;1H2. The van der Waals surface area contributed by atoms with Gasteiger partial charge in [-0.3, -0.25) is 0 Å². The van der Waals surface area contributed by atoms with Crippen LogP contribution in [0, 0.1) is 0 Å². The van der Waals surface area contributed by atoms with Gasteiger partial charge in [-0.25, -0.2) is 0 Å². The predicted octanol–water partition coefficient (Wildman–Crippen LogP) is 0.461. The molecule has 0 saturated carbocycles. The van der Waals surface area contributed by atoms with Crippen molar-refractivity contribution in [2.75, 3.05) is 20.0 Å². The molecule has 4 heteroatoms. The van der Waals surface area contributed by atoms with Gasteiger partial charge in [-0.05, 0) is 12.1 Å². The highest BCUT2D eigenvalue weighted by Crippen LogP contribution is 2.28. The number of hydrogen-bond donors (Lipinski definition) is 1. The van der Waals surface area contributed by atoms with Crippen LogP contribution >= 0.6 is 0 Å². The summed E-state index contributed by atoms with van der Waals surface area (Å²) in [6, 6.07) is 5.26. The zero-order chi connectivity index (χ0) is 8.27. The van der Waals surface area contributed by atoms with Gasteiger partial charge in [0.25, 0.3) is 0 Å². The minimum absolute atomic E-state index is 0. The molecule has 0 aliphatic carbocycles. The molecule has 4 nitrogen and oxygen atoms in total. The first-order chi connectivity index (χ1) is 5.27. The first-order valence-corrected chi connectivity index (χ1v) is 3.25. The highest BCUT2D eigenvalue weighted by molar-refractivity contribution is 5.51. The summed E-state index contributed by atoms with van der Waals surface area (Å²) >= 11 is 0. The molecule has 0 unspecified atom stereocenters. The Kier molecular flexibility index (Phi) is 3.93. The van der Waals surface area contributed by atoms with Crippen molar-refractivity contribution in [1.82, 2.24) is 0 Å². The lowest BCUT2D eigenvalue weighted by Crippen LogP contribution is -1.92. The third-order valence-electron chi connectivity index (χ3n) is 1.41. The lowest BCUT2D eigenvalue weighted by molar-refractivity contribution is 0.355. The maximum atomic E-state index is 5.52. The number of nitrogens with two attached hydrogens (primary N) is 1. The molecule has 1 aromatic carbocycles. The van der Waals surface area contributed by atoms with Gasteiger partial charge in [-0.15, -0.1) is 0 Å². The van der Waals surface area contributed by atoms with E-state index in [4.69, 9.17) is 15.2 Å². The van der Waals surface area contributed by atoms with Crippen LogP contribution in [-0.2, 0) is 0 Å². The average molecular weight is 171 g/mol. The first-order valence-electron chi connectivity index (χ1n) is 3.25. The Morgan fingerprint density at radius 2 is 1.67 bits per heavy atom. The van der Waals surface area contributed by atoms with Crippen molar-refractivity contribution in [3.05, 3.63) is 18.2 Å². The summed E-state index contributed by atoms with van der Waals surface area (Å²) in [6.45, 7) is 0. The molecule has 12 heavy (non-hydrogen) atoms. The Morgan fingerprint density at radius 1 is 1.08 bits per heavy atom. The number of anilines is 1. The van der Waals surface area contributed by atoms with Crippen LogP contribution in [-0.4, -0.2) is 19.7 Å². The average Bonchev–Trinajstić information content (AvgIpc) is 2.04. The Labute approximate surface area is 71.2 Å². The Morgan fingerprint density at radius 3 is 2.17 bits per heavy atom. The fraction of sp³-hybridized carbons (Fsp3) is 0.250. The fourth-order valence-corrected chi connectivity index (χ4v) is 0.853. The summed E-state index contributed by atoms with van der Waals surface area (Å²) in [5.74, 6) is 1.36. The van der Waals surface area contributed by atoms with Crippen molar-refractivity contribution in [3.8, 4) is 11.5 Å². The summed E-state index contributed by atoms with van der Waals surface area (Å²) in [6.07, 6.45) is 0. The molecule has 0 aliphatic heterocycles. The molecule has 1 aromatic rings. The van der Waals surface area contributed by atoms with Gasteiger partial charge in [0, 0.05) is 11.8 Å². The van der Waals surface area contributed by atoms with Gasteiger partial charge in [0.2, 0.25) is 0 Å². The molecule has 0 aliphatic rings. The third kappa shape index (κ3) is 2.03. The summed E-state index contributed by atoms with van der Waals surface area (Å²) in [4.78, 5) is 0. The lowest BCUT2D eigenvalue weighted by atomic mass is 10.3. The van der Waals surface area contributed by atoms with E-state index in [1.165, 1.54) is 0 Å². The van der Waals surface area contributed by atoms with Crippen LogP contribution < -0.4 is 15.2 Å². The summed E-state index contributed by atoms with van der Waals surface area (Å²) in [5.41, 5.74) is 6.19. The van der Waals surface area contributed by atoms with E-state index in [1.54, 1.807) is 32.4 Å². The van der Waals surface area contributed by atoms with E-state index in [0.29, 0.717) is 17.2 Å². The molecule has 0 spiro atoms. The predicted molar refractivity (Wildman–Crippen MR) is 47.6 cm³/mol. The van der Waals surface area contributed by atoms with Crippen molar-refractivity contribution in [1.29, 1.82) is 0 Å². The van der Waals surface area contributed by atoms with Crippen LogP contribution in [0.1, 0.15) is 0 Å². The smallest absolute Gasteiger partial charge is 0.162 e. The van der Waals surface area contributed by atoms with Gasteiger partial charge >= 0.3 is 0 Å². The van der Waals surface area contributed by atoms with E-state index < -0.39 is 0 Å². The van der Waals surface area contributed by atoms with Crippen molar-refractivity contribution >= 4 is 5.69 Å². The van der Waals surface area contributed by atoms with Crippen LogP contribution in [0.25, 0.3) is 0 Å². The Hall–Kier alpha value is -1.42. The van der Waals surface area contributed by atoms with Gasteiger partial charge in [0.15, 0.2) is 11.5 Å². The minimum atomic E-state index is 0. The zero-order valence-electron chi connectivity index (χ0n) is 7.13. The topological polar surface area (TPSA) is 76.0 Å². The second-order valence-electron chi connectivity index (χ2n) is 2.11. The quantitative estimate of drug-likeness (QED) is 0.657. The molecule has 0 atom stereocenters. The van der Waals surface area contributed by atoms with Crippen LogP contribution in [0.4, 0.5) is 5.69 Å². The van der Waals surface area contributed by atoms with Crippen molar-refractivity contribution < 1.29 is 14.9 Å². The van der Waals surface area contributed by atoms with Crippen LogP contribution in [0.3, 0.4) is 0 Å². The zero-order valence-corrected chi connectivity index (χ0v) is 7.13. The minimum Gasteiger partial charge on any atom is -0.493 e. The summed E-state index contributed by atoms with van der Waals surface area (Å²) < 4.78 is 10.0. The van der Waals surface area contributed by atoms with Crippen LogP contribution in [0.5, 0.6) is 11.5 Å². The molecule has 1 rings (SSSR count). The SMILES string of the molecule is COc1ccc(N)cc1OC.O. The molecule has 0 heterocycles. The van der Waals surface area contributed by atoms with Crippen molar-refractivity contribution in [2.24, 2.45) is 0 Å². The number of benzene rings is 1. The summed E-state index contributed by atoms with van der Waals surface area (Å²) in [5, 5.41) is 0. The summed E-state index contributed by atoms with van der Waals surface area (Å²) in [7, 11) is 3.17. The highest BCUT2D eigenvalue weighted by atomic mass is 16.5. The molecule has 0 amide bonds. The molecule has 4 N–H and O–H groups in total. The molecule has 0 saturated heterocycles. The molecule has 0 fully saturated rings. The highest BCUT2D eigenvalue weighted by Gasteiger charge is 2.00. The molecule has 68 valence electrons. The van der Waals surface area contributed by atoms with Crippen LogP contribution in [0.15, 0.2) is 18.2 Å². The van der Waals surface area contributed by atoms with Crippen LogP contribution in [0.2, 0.25) is 0 Å². The largest absolute Gasteiger partial charge is 0.493 e. The van der Waals surface area contributed by atoms with Gasteiger partial charge in [-0.1, -0.05) is 0 Å². The molecular weight excluding hydrogens is 158 g/mol. The number of hydrogen-bond acceptors (Lipinski definition) is 3. The number of rotatable bonds is 2. The number of nitrogen functional groups attached to an aromatic ring is 1. The fourth-order valence-electron chi connectivity index (χ4n) is 0.853. The van der Waals surface area contributed by atoms with E-state index >= 15 is 0 Å². The Balaban J connectivity index is 0.00000121. The van der Waals surface area contributed by atoms with Crippen molar-refractivity contribution in [3.63, 3.8) is 0 Å². The van der Waals surface area contributed by atoms with E-state index in [-0.39, 0.29) is 5.48 Å². The molecular formula is C8H13NO3. The second-order valence-corrected chi connectivity index (χ2v) is 2.11. The molecule has 0 radical (unpaired) electrons. The normalized spacial score (nSPS) is 8.50. The van der Waals surface area contributed by atoms with Gasteiger partial charge in [-0.2, -0.15) is 0 Å². The van der Waals surface area contributed by atoms with E-state index in [2.05, 4.69) is 0 Å². The van der Waals surface area contributed by atoms with E-state index in [0.717, 1.165) is 0 Å². The molecule has 0 aromatic heterocycles.